The van der Waals surface area contributed by atoms with Crippen LogP contribution in [0.1, 0.15) is 59.9 Å². The maximum absolute atomic E-state index is 12.8. The quantitative estimate of drug-likeness (QED) is 0.315. The second kappa shape index (κ2) is 10.6. The zero-order valence-electron chi connectivity index (χ0n) is 20.4. The van der Waals surface area contributed by atoms with Crippen LogP contribution < -0.4 is 5.32 Å². The number of aromatic carboxylic acids is 1. The number of nitrogens with zero attached hydrogens (tertiary/aromatic N) is 2. The molecule has 6 nitrogen and oxygen atoms in total. The van der Waals surface area contributed by atoms with Gasteiger partial charge in [0.2, 0.25) is 0 Å². The third-order valence-corrected chi connectivity index (χ3v) is 6.21. The van der Waals surface area contributed by atoms with Crippen LogP contribution in [0.3, 0.4) is 0 Å². The number of carboxylic acid groups (broad SMARTS) is 1. The van der Waals surface area contributed by atoms with Gasteiger partial charge in [0.05, 0.1) is 22.9 Å². The number of hydrogen-bond acceptors (Lipinski definition) is 3. The average molecular weight is 470 g/mol. The Morgan fingerprint density at radius 3 is 2.43 bits per heavy atom. The van der Waals surface area contributed by atoms with Crippen LogP contribution in [0, 0.1) is 5.92 Å². The van der Waals surface area contributed by atoms with E-state index >= 15 is 0 Å². The lowest BCUT2D eigenvalue weighted by Gasteiger charge is -2.15. The molecular weight excluding hydrogens is 438 g/mol. The fraction of sp³-hybridized carbons (Fsp3) is 0.276. The first-order valence-corrected chi connectivity index (χ1v) is 12.0. The van der Waals surface area contributed by atoms with E-state index in [2.05, 4.69) is 24.1 Å². The van der Waals surface area contributed by atoms with Gasteiger partial charge >= 0.3 is 5.97 Å². The Morgan fingerprint density at radius 1 is 0.971 bits per heavy atom. The average Bonchev–Trinajstić information content (AvgIpc) is 3.25. The topological polar surface area (TPSA) is 84.2 Å². The number of imidazole rings is 1. The zero-order chi connectivity index (χ0) is 24.9. The third kappa shape index (κ3) is 5.77. The maximum atomic E-state index is 12.8. The molecule has 6 heteroatoms. The smallest absolute Gasteiger partial charge is 0.336 e. The highest BCUT2D eigenvalue weighted by Crippen LogP contribution is 2.25. The molecule has 1 amide bonds. The van der Waals surface area contributed by atoms with Gasteiger partial charge < -0.3 is 15.0 Å². The fourth-order valence-corrected chi connectivity index (χ4v) is 4.19. The second-order valence-corrected chi connectivity index (χ2v) is 9.47. The molecule has 0 aliphatic carbocycles. The van der Waals surface area contributed by atoms with Crippen LogP contribution in [-0.4, -0.2) is 32.6 Å². The number of benzene rings is 3. The lowest BCUT2D eigenvalue weighted by atomic mass is 9.99. The first-order chi connectivity index (χ1) is 16.8. The summed E-state index contributed by atoms with van der Waals surface area (Å²) in [7, 11) is 0. The summed E-state index contributed by atoms with van der Waals surface area (Å²) < 4.78 is 2.02. The van der Waals surface area contributed by atoms with Crippen LogP contribution in [0.4, 0.5) is 0 Å². The standard InChI is InChI=1S/C29H31N3O3/c1-19(2)8-9-20(3)31-28(33)23-14-15-26-27(16-23)32(18-30-26)17-21-10-12-22(13-11-21)24-6-4-5-7-25(24)29(34)35/h4-7,10-16,18-20H,8-9,17H2,1-3H3,(H,31,33)(H,34,35). The molecule has 0 fully saturated rings. The number of carbonyl (C=O) groups is 2. The molecule has 3 aromatic carbocycles. The molecule has 0 aliphatic heterocycles. The van der Waals surface area contributed by atoms with Gasteiger partial charge in [0, 0.05) is 18.2 Å². The molecule has 2 N–H and O–H groups in total. The SMILES string of the molecule is CC(C)CCC(C)NC(=O)c1ccc2ncn(Cc3ccc(-c4ccccc4C(=O)O)cc3)c2c1. The molecule has 0 spiro atoms. The number of carbonyl (C=O) groups excluding carboxylic acids is 1. The van der Waals surface area contributed by atoms with Gasteiger partial charge in [-0.25, -0.2) is 9.78 Å². The van der Waals surface area contributed by atoms with Crippen LogP contribution in [0.25, 0.3) is 22.2 Å². The van der Waals surface area contributed by atoms with Gasteiger partial charge in [0.15, 0.2) is 0 Å². The van der Waals surface area contributed by atoms with Gasteiger partial charge in [-0.05, 0) is 66.6 Å². The van der Waals surface area contributed by atoms with E-state index in [0.29, 0.717) is 23.6 Å². The van der Waals surface area contributed by atoms with Crippen LogP contribution >= 0.6 is 0 Å². The molecule has 0 radical (unpaired) electrons. The summed E-state index contributed by atoms with van der Waals surface area (Å²) in [6.07, 6.45) is 3.82. The van der Waals surface area contributed by atoms with Crippen molar-refractivity contribution in [3.05, 3.63) is 89.7 Å². The van der Waals surface area contributed by atoms with Gasteiger partial charge in [-0.15, -0.1) is 0 Å². The molecule has 1 heterocycles. The van der Waals surface area contributed by atoms with E-state index in [9.17, 15) is 14.7 Å². The number of carboxylic acids is 1. The molecule has 1 aromatic heterocycles. The van der Waals surface area contributed by atoms with Crippen LogP contribution in [0.15, 0.2) is 73.1 Å². The number of nitrogens with one attached hydrogen (secondary N) is 1. The summed E-state index contributed by atoms with van der Waals surface area (Å²) in [5, 5.41) is 12.6. The summed E-state index contributed by atoms with van der Waals surface area (Å²) in [5.74, 6) is -0.401. The van der Waals surface area contributed by atoms with E-state index < -0.39 is 5.97 Å². The van der Waals surface area contributed by atoms with Crippen molar-refractivity contribution in [2.75, 3.05) is 0 Å². The Hall–Kier alpha value is -3.93. The van der Waals surface area contributed by atoms with Crippen LogP contribution in [-0.2, 0) is 6.54 Å². The summed E-state index contributed by atoms with van der Waals surface area (Å²) in [6.45, 7) is 7.01. The Balaban J connectivity index is 1.51. The van der Waals surface area contributed by atoms with E-state index in [1.807, 2.05) is 66.1 Å². The van der Waals surface area contributed by atoms with Crippen LogP contribution in [0.5, 0.6) is 0 Å². The van der Waals surface area contributed by atoms with Crippen LogP contribution in [0.2, 0.25) is 0 Å². The lowest BCUT2D eigenvalue weighted by molar-refractivity contribution is 0.0697. The van der Waals surface area contributed by atoms with Crippen molar-refractivity contribution in [3.63, 3.8) is 0 Å². The number of amides is 1. The molecular formula is C29H31N3O3. The van der Waals surface area contributed by atoms with E-state index in [1.165, 1.54) is 0 Å². The van der Waals surface area contributed by atoms with E-state index in [0.717, 1.165) is 35.0 Å². The highest BCUT2D eigenvalue weighted by Gasteiger charge is 2.14. The van der Waals surface area contributed by atoms with Gasteiger partial charge in [0.25, 0.3) is 5.91 Å². The van der Waals surface area contributed by atoms with Crippen molar-refractivity contribution < 1.29 is 14.7 Å². The summed E-state index contributed by atoms with van der Waals surface area (Å²) >= 11 is 0. The van der Waals surface area contributed by atoms with Crippen molar-refractivity contribution in [3.8, 4) is 11.1 Å². The zero-order valence-corrected chi connectivity index (χ0v) is 20.4. The monoisotopic (exact) mass is 469 g/mol. The van der Waals surface area contributed by atoms with E-state index in [1.54, 1.807) is 18.5 Å². The molecule has 180 valence electrons. The van der Waals surface area contributed by atoms with Gasteiger partial charge in [-0.3, -0.25) is 4.79 Å². The predicted octanol–water partition coefficient (Wildman–Crippen LogP) is 6.00. The van der Waals surface area contributed by atoms with Crippen molar-refractivity contribution >= 4 is 22.9 Å². The molecule has 1 atom stereocenters. The van der Waals surface area contributed by atoms with Crippen molar-refractivity contribution in [1.29, 1.82) is 0 Å². The Labute approximate surface area is 205 Å². The Bertz CT molecular complexity index is 1340. The van der Waals surface area contributed by atoms with E-state index in [-0.39, 0.29) is 17.5 Å². The third-order valence-electron chi connectivity index (χ3n) is 6.21. The predicted molar refractivity (Wildman–Crippen MR) is 139 cm³/mol. The van der Waals surface area contributed by atoms with Crippen molar-refractivity contribution in [2.45, 2.75) is 46.2 Å². The van der Waals surface area contributed by atoms with Gasteiger partial charge in [-0.2, -0.15) is 0 Å². The Kier molecular flexibility index (Phi) is 7.30. The molecule has 4 aromatic rings. The molecule has 35 heavy (non-hydrogen) atoms. The number of rotatable bonds is 9. The minimum absolute atomic E-state index is 0.0719. The van der Waals surface area contributed by atoms with Crippen molar-refractivity contribution in [2.24, 2.45) is 5.92 Å². The van der Waals surface area contributed by atoms with Crippen molar-refractivity contribution in [1.82, 2.24) is 14.9 Å². The molecule has 0 saturated carbocycles. The van der Waals surface area contributed by atoms with E-state index in [4.69, 9.17) is 0 Å². The molecule has 4 rings (SSSR count). The number of hydrogen-bond donors (Lipinski definition) is 2. The highest BCUT2D eigenvalue weighted by molar-refractivity contribution is 5.97. The first-order valence-electron chi connectivity index (χ1n) is 12.0. The lowest BCUT2D eigenvalue weighted by Crippen LogP contribution is -2.32. The summed E-state index contributed by atoms with van der Waals surface area (Å²) in [4.78, 5) is 28.8. The maximum Gasteiger partial charge on any atom is 0.336 e. The Morgan fingerprint density at radius 2 is 1.71 bits per heavy atom. The summed E-state index contributed by atoms with van der Waals surface area (Å²) in [5.41, 5.74) is 5.24. The molecule has 0 saturated heterocycles. The minimum atomic E-state index is -0.941. The highest BCUT2D eigenvalue weighted by atomic mass is 16.4. The summed E-state index contributed by atoms with van der Waals surface area (Å²) in [6, 6.07) is 20.6. The second-order valence-electron chi connectivity index (χ2n) is 9.47. The number of fused-ring (bicyclic) bond motifs is 1. The van der Waals surface area contributed by atoms with Gasteiger partial charge in [-0.1, -0.05) is 56.3 Å². The number of aromatic nitrogens is 2. The largest absolute Gasteiger partial charge is 0.478 e. The molecule has 0 bridgehead atoms. The molecule has 0 aliphatic rings. The normalized spacial score (nSPS) is 12.1. The fourth-order valence-electron chi connectivity index (χ4n) is 4.19. The van der Waals surface area contributed by atoms with Gasteiger partial charge in [0.1, 0.15) is 0 Å². The first kappa shape index (κ1) is 24.2. The molecule has 1 unspecified atom stereocenters. The minimum Gasteiger partial charge on any atom is -0.478 e.